The highest BCUT2D eigenvalue weighted by atomic mass is 32.1. The molecule has 0 saturated carbocycles. The Kier molecular flexibility index (Phi) is 5.96. The number of rotatable bonds is 7. The number of thiophene rings is 1. The number of aryl methyl sites for hydroxylation is 1. The van der Waals surface area contributed by atoms with Gasteiger partial charge in [0.15, 0.2) is 6.61 Å². The number of carbonyl (C=O) groups excluding carboxylic acids is 2. The minimum absolute atomic E-state index is 0.0908. The molecule has 1 atom stereocenters. The van der Waals surface area contributed by atoms with Crippen LogP contribution in [-0.2, 0) is 9.47 Å². The first-order valence-electron chi connectivity index (χ1n) is 8.88. The van der Waals surface area contributed by atoms with E-state index in [1.807, 2.05) is 25.3 Å². The SMILES string of the molecule is COCC(C)n1c(C)cc(C(=O)COC(=O)c2cc3cc(F)ccc3s2)c1C. The number of methoxy groups -OCH3 is 1. The largest absolute Gasteiger partial charge is 0.453 e. The Balaban J connectivity index is 1.71. The van der Waals surface area contributed by atoms with Gasteiger partial charge < -0.3 is 14.0 Å². The molecule has 0 radical (unpaired) electrons. The lowest BCUT2D eigenvalue weighted by Crippen LogP contribution is -2.16. The van der Waals surface area contributed by atoms with Gasteiger partial charge in [-0.1, -0.05) is 0 Å². The second-order valence-electron chi connectivity index (χ2n) is 6.75. The van der Waals surface area contributed by atoms with Crippen LogP contribution in [0.5, 0.6) is 0 Å². The molecule has 0 fully saturated rings. The molecule has 0 aliphatic heterocycles. The number of esters is 1. The second kappa shape index (κ2) is 8.24. The van der Waals surface area contributed by atoms with Crippen molar-refractivity contribution in [2.75, 3.05) is 20.3 Å². The molecule has 3 aromatic rings. The van der Waals surface area contributed by atoms with Gasteiger partial charge in [0.05, 0.1) is 12.6 Å². The van der Waals surface area contributed by atoms with Gasteiger partial charge in [-0.05, 0) is 56.5 Å². The summed E-state index contributed by atoms with van der Waals surface area (Å²) in [5.74, 6) is -1.21. The van der Waals surface area contributed by atoms with Crippen LogP contribution in [0.3, 0.4) is 0 Å². The highest BCUT2D eigenvalue weighted by molar-refractivity contribution is 7.20. The first-order valence-corrected chi connectivity index (χ1v) is 9.70. The van der Waals surface area contributed by atoms with Crippen LogP contribution < -0.4 is 0 Å². The zero-order valence-corrected chi connectivity index (χ0v) is 17.1. The van der Waals surface area contributed by atoms with Gasteiger partial charge in [0.2, 0.25) is 5.78 Å². The molecule has 2 aromatic heterocycles. The Morgan fingerprint density at radius 2 is 1.96 bits per heavy atom. The Morgan fingerprint density at radius 3 is 2.68 bits per heavy atom. The van der Waals surface area contributed by atoms with Crippen molar-refractivity contribution < 1.29 is 23.5 Å². The zero-order chi connectivity index (χ0) is 20.4. The van der Waals surface area contributed by atoms with Crippen molar-refractivity contribution in [2.24, 2.45) is 0 Å². The van der Waals surface area contributed by atoms with Gasteiger partial charge in [-0.25, -0.2) is 9.18 Å². The van der Waals surface area contributed by atoms with Gasteiger partial charge >= 0.3 is 5.97 Å². The predicted molar refractivity (Wildman–Crippen MR) is 107 cm³/mol. The lowest BCUT2D eigenvalue weighted by molar-refractivity contribution is 0.0479. The van der Waals surface area contributed by atoms with Gasteiger partial charge in [0.1, 0.15) is 10.7 Å². The Bertz CT molecular complexity index is 1040. The third-order valence-corrected chi connectivity index (χ3v) is 5.74. The Labute approximate surface area is 166 Å². The molecular weight excluding hydrogens is 381 g/mol. The van der Waals surface area contributed by atoms with E-state index in [4.69, 9.17) is 9.47 Å². The summed E-state index contributed by atoms with van der Waals surface area (Å²) >= 11 is 1.21. The topological polar surface area (TPSA) is 57.5 Å². The van der Waals surface area contributed by atoms with Crippen LogP contribution in [0.2, 0.25) is 0 Å². The number of carbonyl (C=O) groups is 2. The quantitative estimate of drug-likeness (QED) is 0.424. The van der Waals surface area contributed by atoms with E-state index in [1.54, 1.807) is 25.3 Å². The average molecular weight is 403 g/mol. The number of hydrogen-bond donors (Lipinski definition) is 0. The average Bonchev–Trinajstić information content (AvgIpc) is 3.19. The molecule has 0 aliphatic carbocycles. The number of nitrogens with zero attached hydrogens (tertiary/aromatic N) is 1. The molecule has 3 rings (SSSR count). The Hall–Kier alpha value is -2.51. The summed E-state index contributed by atoms with van der Waals surface area (Å²) in [6.07, 6.45) is 0. The van der Waals surface area contributed by atoms with Crippen LogP contribution >= 0.6 is 11.3 Å². The summed E-state index contributed by atoms with van der Waals surface area (Å²) in [5, 5.41) is 0.638. The maximum Gasteiger partial charge on any atom is 0.348 e. The molecule has 148 valence electrons. The number of aromatic nitrogens is 1. The fourth-order valence-corrected chi connectivity index (χ4v) is 4.39. The highest BCUT2D eigenvalue weighted by Crippen LogP contribution is 2.27. The number of halogens is 1. The van der Waals surface area contributed by atoms with Gasteiger partial charge in [-0.15, -0.1) is 11.3 Å². The van der Waals surface area contributed by atoms with E-state index in [2.05, 4.69) is 0 Å². The summed E-state index contributed by atoms with van der Waals surface area (Å²) in [7, 11) is 1.64. The molecule has 7 heteroatoms. The predicted octanol–water partition coefficient (Wildman–Crippen LogP) is 4.71. The van der Waals surface area contributed by atoms with E-state index in [0.29, 0.717) is 22.4 Å². The first kappa shape index (κ1) is 20.2. The molecule has 0 aliphatic rings. The van der Waals surface area contributed by atoms with E-state index in [-0.39, 0.29) is 24.2 Å². The number of benzene rings is 1. The number of ketones is 1. The first-order chi connectivity index (χ1) is 13.3. The van der Waals surface area contributed by atoms with Crippen molar-refractivity contribution in [2.45, 2.75) is 26.8 Å². The van der Waals surface area contributed by atoms with E-state index >= 15 is 0 Å². The van der Waals surface area contributed by atoms with E-state index in [9.17, 15) is 14.0 Å². The third-order valence-electron chi connectivity index (χ3n) is 4.65. The maximum atomic E-state index is 13.3. The van der Waals surface area contributed by atoms with Crippen LogP contribution in [0.1, 0.15) is 44.4 Å². The van der Waals surface area contributed by atoms with Crippen molar-refractivity contribution in [3.63, 3.8) is 0 Å². The van der Waals surface area contributed by atoms with Crippen LogP contribution in [-0.4, -0.2) is 36.6 Å². The molecule has 28 heavy (non-hydrogen) atoms. The molecule has 1 unspecified atom stereocenters. The molecular formula is C21H22FNO4S. The number of ether oxygens (including phenoxy) is 2. The van der Waals surface area contributed by atoms with Gasteiger partial charge in [-0.3, -0.25) is 4.79 Å². The van der Waals surface area contributed by atoms with E-state index in [1.165, 1.54) is 23.5 Å². The fourth-order valence-electron chi connectivity index (χ4n) is 3.45. The summed E-state index contributed by atoms with van der Waals surface area (Å²) in [5.41, 5.74) is 2.30. The number of Topliss-reactive ketones (excluding diaryl/α,β-unsaturated/α-hetero) is 1. The van der Waals surface area contributed by atoms with Crippen LogP contribution in [0.15, 0.2) is 30.3 Å². The molecule has 0 bridgehead atoms. The summed E-state index contributed by atoms with van der Waals surface area (Å²) in [6.45, 7) is 6.00. The van der Waals surface area contributed by atoms with E-state index in [0.717, 1.165) is 16.1 Å². The van der Waals surface area contributed by atoms with Crippen molar-refractivity contribution in [3.8, 4) is 0 Å². The third kappa shape index (κ3) is 4.00. The normalized spacial score (nSPS) is 12.3. The van der Waals surface area contributed by atoms with Gasteiger partial charge in [0.25, 0.3) is 0 Å². The summed E-state index contributed by atoms with van der Waals surface area (Å²) in [6, 6.07) is 7.80. The number of fused-ring (bicyclic) bond motifs is 1. The summed E-state index contributed by atoms with van der Waals surface area (Å²) < 4.78 is 26.5. The number of hydrogen-bond acceptors (Lipinski definition) is 5. The summed E-state index contributed by atoms with van der Waals surface area (Å²) in [4.78, 5) is 25.2. The lowest BCUT2D eigenvalue weighted by atomic mass is 10.1. The highest BCUT2D eigenvalue weighted by Gasteiger charge is 2.21. The van der Waals surface area contributed by atoms with E-state index < -0.39 is 5.97 Å². The monoisotopic (exact) mass is 403 g/mol. The molecule has 2 heterocycles. The maximum absolute atomic E-state index is 13.3. The zero-order valence-electron chi connectivity index (χ0n) is 16.2. The molecule has 0 spiro atoms. The van der Waals surface area contributed by atoms with Crippen LogP contribution in [0.4, 0.5) is 4.39 Å². The van der Waals surface area contributed by atoms with Crippen LogP contribution in [0.25, 0.3) is 10.1 Å². The fraction of sp³-hybridized carbons (Fsp3) is 0.333. The Morgan fingerprint density at radius 1 is 1.21 bits per heavy atom. The van der Waals surface area contributed by atoms with Crippen LogP contribution in [0, 0.1) is 19.7 Å². The van der Waals surface area contributed by atoms with Crippen molar-refractivity contribution in [1.29, 1.82) is 0 Å². The second-order valence-corrected chi connectivity index (χ2v) is 7.84. The minimum atomic E-state index is -0.587. The molecule has 0 N–H and O–H groups in total. The molecule has 0 amide bonds. The standard InChI is InChI=1S/C21H22FNO4S/c1-12-7-17(14(3)23(12)13(2)10-26-4)18(24)11-27-21(25)20-9-15-8-16(22)5-6-19(15)28-20/h5-9,13H,10-11H2,1-4H3. The van der Waals surface area contributed by atoms with Gasteiger partial charge in [0, 0.05) is 28.8 Å². The van der Waals surface area contributed by atoms with Crippen molar-refractivity contribution >= 4 is 33.2 Å². The van der Waals surface area contributed by atoms with Crippen molar-refractivity contribution in [3.05, 3.63) is 58.0 Å². The van der Waals surface area contributed by atoms with Crippen molar-refractivity contribution in [1.82, 2.24) is 4.57 Å². The molecule has 1 aromatic carbocycles. The minimum Gasteiger partial charge on any atom is -0.453 e. The lowest BCUT2D eigenvalue weighted by Gasteiger charge is -2.17. The smallest absolute Gasteiger partial charge is 0.348 e. The molecule has 5 nitrogen and oxygen atoms in total. The van der Waals surface area contributed by atoms with Gasteiger partial charge in [-0.2, -0.15) is 0 Å². The molecule has 0 saturated heterocycles.